The molecule has 0 heterocycles. The van der Waals surface area contributed by atoms with Crippen molar-refractivity contribution in [1.29, 1.82) is 0 Å². The molecule has 0 aromatic heterocycles. The fourth-order valence-electron chi connectivity index (χ4n) is 1.95. The van der Waals surface area contributed by atoms with Gasteiger partial charge in [0.25, 0.3) is 0 Å². The van der Waals surface area contributed by atoms with Gasteiger partial charge in [-0.05, 0) is 19.3 Å². The summed E-state index contributed by atoms with van der Waals surface area (Å²) in [7, 11) is 0. The third-order valence-electron chi connectivity index (χ3n) is 3.09. The van der Waals surface area contributed by atoms with Crippen molar-refractivity contribution >= 4 is 12.1 Å². The van der Waals surface area contributed by atoms with E-state index in [1.54, 1.807) is 0 Å². The highest BCUT2D eigenvalue weighted by atomic mass is 16.1. The molecule has 0 aliphatic rings. The molecule has 0 saturated heterocycles. The molecule has 0 aromatic carbocycles. The minimum Gasteiger partial charge on any atom is -0.303 e. The predicted molar refractivity (Wildman–Crippen MR) is 72.1 cm³/mol. The first-order valence-electron chi connectivity index (χ1n) is 7.26. The standard InChI is InChI=1S/C15H28O2/c1-2-3-4-9-12-15(17)13-10-7-5-6-8-11-14-16/h14H,2-13H2,1H3. The summed E-state index contributed by atoms with van der Waals surface area (Å²) in [6, 6.07) is 0. The Bertz CT molecular complexity index is 187. The molecule has 0 N–H and O–H groups in total. The van der Waals surface area contributed by atoms with Crippen LogP contribution in [0.4, 0.5) is 0 Å². The average Bonchev–Trinajstić information content (AvgIpc) is 2.33. The molecule has 0 radical (unpaired) electrons. The van der Waals surface area contributed by atoms with Gasteiger partial charge in [0.05, 0.1) is 0 Å². The quantitative estimate of drug-likeness (QED) is 0.352. The summed E-state index contributed by atoms with van der Waals surface area (Å²) in [4.78, 5) is 21.6. The molecule has 0 amide bonds. The summed E-state index contributed by atoms with van der Waals surface area (Å²) in [5.41, 5.74) is 0. The Morgan fingerprint density at radius 2 is 1.35 bits per heavy atom. The first-order chi connectivity index (χ1) is 8.31. The van der Waals surface area contributed by atoms with E-state index in [0.717, 1.165) is 57.7 Å². The molecule has 2 nitrogen and oxygen atoms in total. The minimum absolute atomic E-state index is 0.439. The van der Waals surface area contributed by atoms with Crippen LogP contribution in [0.1, 0.15) is 84.0 Å². The van der Waals surface area contributed by atoms with Crippen LogP contribution in [-0.4, -0.2) is 12.1 Å². The normalized spacial score (nSPS) is 10.4. The van der Waals surface area contributed by atoms with Crippen molar-refractivity contribution in [2.24, 2.45) is 0 Å². The maximum atomic E-state index is 11.5. The SMILES string of the molecule is CCCCCCC(=O)CCCCCCCC=O. The van der Waals surface area contributed by atoms with Gasteiger partial charge in [-0.1, -0.05) is 45.4 Å². The molecule has 0 bridgehead atoms. The molecule has 0 fully saturated rings. The molecule has 0 aliphatic carbocycles. The van der Waals surface area contributed by atoms with E-state index in [4.69, 9.17) is 0 Å². The third-order valence-corrected chi connectivity index (χ3v) is 3.09. The average molecular weight is 240 g/mol. The van der Waals surface area contributed by atoms with Crippen molar-refractivity contribution < 1.29 is 9.59 Å². The van der Waals surface area contributed by atoms with Crippen molar-refractivity contribution in [2.45, 2.75) is 84.0 Å². The van der Waals surface area contributed by atoms with Crippen molar-refractivity contribution in [2.75, 3.05) is 0 Å². The fourth-order valence-corrected chi connectivity index (χ4v) is 1.95. The van der Waals surface area contributed by atoms with E-state index < -0.39 is 0 Å². The molecule has 0 unspecified atom stereocenters. The number of carbonyl (C=O) groups excluding carboxylic acids is 2. The zero-order valence-corrected chi connectivity index (χ0v) is 11.4. The molecular formula is C15H28O2. The predicted octanol–water partition coefficient (Wildman–Crippen LogP) is 4.46. The van der Waals surface area contributed by atoms with Gasteiger partial charge in [0.2, 0.25) is 0 Å². The highest BCUT2D eigenvalue weighted by Crippen LogP contribution is 2.10. The van der Waals surface area contributed by atoms with Gasteiger partial charge in [-0.25, -0.2) is 0 Å². The maximum absolute atomic E-state index is 11.5. The molecule has 0 aliphatic heterocycles. The molecule has 0 saturated carbocycles. The number of hydrogen-bond acceptors (Lipinski definition) is 2. The topological polar surface area (TPSA) is 34.1 Å². The lowest BCUT2D eigenvalue weighted by atomic mass is 10.0. The number of Topliss-reactive ketones (excluding diaryl/α,β-unsaturated/α-hetero) is 1. The van der Waals surface area contributed by atoms with Crippen molar-refractivity contribution in [3.8, 4) is 0 Å². The van der Waals surface area contributed by atoms with E-state index >= 15 is 0 Å². The van der Waals surface area contributed by atoms with Gasteiger partial charge in [0.15, 0.2) is 0 Å². The molecule has 0 aromatic rings. The zero-order chi connectivity index (χ0) is 12.8. The maximum Gasteiger partial charge on any atom is 0.132 e. The summed E-state index contributed by atoms with van der Waals surface area (Å²) in [5, 5.41) is 0. The Morgan fingerprint density at radius 3 is 1.94 bits per heavy atom. The van der Waals surface area contributed by atoms with Gasteiger partial charge < -0.3 is 4.79 Å². The van der Waals surface area contributed by atoms with E-state index in [1.165, 1.54) is 19.3 Å². The third kappa shape index (κ3) is 13.3. The van der Waals surface area contributed by atoms with Crippen molar-refractivity contribution in [1.82, 2.24) is 0 Å². The van der Waals surface area contributed by atoms with Crippen LogP contribution >= 0.6 is 0 Å². The van der Waals surface area contributed by atoms with Gasteiger partial charge in [-0.15, -0.1) is 0 Å². The molecule has 0 atom stereocenters. The second kappa shape index (κ2) is 13.4. The van der Waals surface area contributed by atoms with E-state index in [9.17, 15) is 9.59 Å². The Labute approximate surface area is 106 Å². The highest BCUT2D eigenvalue weighted by molar-refractivity contribution is 5.78. The van der Waals surface area contributed by atoms with Crippen LogP contribution in [0.2, 0.25) is 0 Å². The molecule has 0 spiro atoms. The fraction of sp³-hybridized carbons (Fsp3) is 0.867. The Kier molecular flexibility index (Phi) is 12.9. The van der Waals surface area contributed by atoms with E-state index in [0.29, 0.717) is 12.2 Å². The first-order valence-corrected chi connectivity index (χ1v) is 7.26. The first kappa shape index (κ1) is 16.3. The number of aldehydes is 1. The molecular weight excluding hydrogens is 212 g/mol. The largest absolute Gasteiger partial charge is 0.303 e. The highest BCUT2D eigenvalue weighted by Gasteiger charge is 2.01. The van der Waals surface area contributed by atoms with Gasteiger partial charge in [-0.3, -0.25) is 4.79 Å². The van der Waals surface area contributed by atoms with Crippen LogP contribution in [0.15, 0.2) is 0 Å². The van der Waals surface area contributed by atoms with Crippen LogP contribution in [0.25, 0.3) is 0 Å². The lowest BCUT2D eigenvalue weighted by Crippen LogP contribution is -1.97. The van der Waals surface area contributed by atoms with Crippen LogP contribution in [0, 0.1) is 0 Å². The summed E-state index contributed by atoms with van der Waals surface area (Å²) < 4.78 is 0. The number of unbranched alkanes of at least 4 members (excludes halogenated alkanes) is 8. The van der Waals surface area contributed by atoms with E-state index in [2.05, 4.69) is 6.92 Å². The van der Waals surface area contributed by atoms with Gasteiger partial charge in [0.1, 0.15) is 12.1 Å². The lowest BCUT2D eigenvalue weighted by molar-refractivity contribution is -0.119. The van der Waals surface area contributed by atoms with Crippen LogP contribution in [0.3, 0.4) is 0 Å². The van der Waals surface area contributed by atoms with E-state index in [1.807, 2.05) is 0 Å². The lowest BCUT2D eigenvalue weighted by Gasteiger charge is -2.01. The van der Waals surface area contributed by atoms with Crippen LogP contribution < -0.4 is 0 Å². The summed E-state index contributed by atoms with van der Waals surface area (Å²) >= 11 is 0. The molecule has 0 rings (SSSR count). The number of rotatable bonds is 13. The van der Waals surface area contributed by atoms with Gasteiger partial charge in [-0.2, -0.15) is 0 Å². The van der Waals surface area contributed by atoms with Crippen LogP contribution in [-0.2, 0) is 9.59 Å². The summed E-state index contributed by atoms with van der Waals surface area (Å²) in [6.45, 7) is 2.19. The number of carbonyl (C=O) groups is 2. The molecule has 100 valence electrons. The summed E-state index contributed by atoms with van der Waals surface area (Å²) in [6.07, 6.45) is 13.5. The molecule has 2 heteroatoms. The van der Waals surface area contributed by atoms with Gasteiger partial charge in [0, 0.05) is 19.3 Å². The second-order valence-electron chi connectivity index (χ2n) is 4.82. The van der Waals surface area contributed by atoms with Crippen molar-refractivity contribution in [3.63, 3.8) is 0 Å². The van der Waals surface area contributed by atoms with Crippen molar-refractivity contribution in [3.05, 3.63) is 0 Å². The van der Waals surface area contributed by atoms with E-state index in [-0.39, 0.29) is 0 Å². The summed E-state index contributed by atoms with van der Waals surface area (Å²) in [5.74, 6) is 0.439. The monoisotopic (exact) mass is 240 g/mol. The number of hydrogen-bond donors (Lipinski definition) is 0. The van der Waals surface area contributed by atoms with Gasteiger partial charge >= 0.3 is 0 Å². The minimum atomic E-state index is 0.439. The van der Waals surface area contributed by atoms with Crippen LogP contribution in [0.5, 0.6) is 0 Å². The zero-order valence-electron chi connectivity index (χ0n) is 11.4. The Morgan fingerprint density at radius 1 is 0.824 bits per heavy atom. The Hall–Kier alpha value is -0.660. The number of ketones is 1. The second-order valence-corrected chi connectivity index (χ2v) is 4.82. The molecule has 17 heavy (non-hydrogen) atoms. The smallest absolute Gasteiger partial charge is 0.132 e. The Balaban J connectivity index is 3.13.